The van der Waals surface area contributed by atoms with Gasteiger partial charge in [-0.1, -0.05) is 6.07 Å². The standard InChI is InChI=1S/C17H18N6OS.ClH/c1-22-10-13(8-20-22)16-21-14(11-25-16)17(24)23-6-5-19-9-15(23)12-3-2-4-18-7-12;/h2-4,7-8,10-11,15,19H,5-6,9H2,1H3;1H. The molecule has 4 heterocycles. The molecule has 3 aromatic heterocycles. The van der Waals surface area contributed by atoms with Crippen LogP contribution in [-0.4, -0.2) is 50.2 Å². The number of pyridine rings is 1. The lowest BCUT2D eigenvalue weighted by atomic mass is 10.0. The number of nitrogens with zero attached hydrogens (tertiary/aromatic N) is 5. The topological polar surface area (TPSA) is 75.9 Å². The molecule has 1 fully saturated rings. The maximum Gasteiger partial charge on any atom is 0.273 e. The molecule has 136 valence electrons. The van der Waals surface area contributed by atoms with E-state index >= 15 is 0 Å². The first-order valence-corrected chi connectivity index (χ1v) is 8.96. The predicted molar refractivity (Wildman–Crippen MR) is 102 cm³/mol. The van der Waals surface area contributed by atoms with E-state index in [1.165, 1.54) is 11.3 Å². The zero-order valence-corrected chi connectivity index (χ0v) is 15.8. The second kappa shape index (κ2) is 7.94. The van der Waals surface area contributed by atoms with E-state index in [-0.39, 0.29) is 24.4 Å². The highest BCUT2D eigenvalue weighted by Gasteiger charge is 2.30. The van der Waals surface area contributed by atoms with Crippen molar-refractivity contribution >= 4 is 29.7 Å². The van der Waals surface area contributed by atoms with Crippen molar-refractivity contribution in [2.24, 2.45) is 7.05 Å². The highest BCUT2D eigenvalue weighted by atomic mass is 35.5. The Labute approximate surface area is 161 Å². The number of aryl methyl sites for hydroxylation is 1. The van der Waals surface area contributed by atoms with Gasteiger partial charge in [-0.15, -0.1) is 23.7 Å². The summed E-state index contributed by atoms with van der Waals surface area (Å²) in [5.41, 5.74) is 2.45. The van der Waals surface area contributed by atoms with Crippen molar-refractivity contribution in [3.63, 3.8) is 0 Å². The molecular weight excluding hydrogens is 372 g/mol. The summed E-state index contributed by atoms with van der Waals surface area (Å²) >= 11 is 1.47. The maximum absolute atomic E-state index is 13.0. The van der Waals surface area contributed by atoms with Crippen molar-refractivity contribution < 1.29 is 4.79 Å². The van der Waals surface area contributed by atoms with Crippen LogP contribution in [0.15, 0.2) is 42.3 Å². The van der Waals surface area contributed by atoms with Crippen LogP contribution in [0.1, 0.15) is 22.1 Å². The van der Waals surface area contributed by atoms with Crippen LogP contribution >= 0.6 is 23.7 Å². The Hall–Kier alpha value is -2.29. The van der Waals surface area contributed by atoms with Gasteiger partial charge in [0.05, 0.1) is 12.2 Å². The summed E-state index contributed by atoms with van der Waals surface area (Å²) in [6, 6.07) is 3.88. The molecule has 9 heteroatoms. The molecule has 0 aromatic carbocycles. The van der Waals surface area contributed by atoms with E-state index < -0.39 is 0 Å². The average molecular weight is 391 g/mol. The number of halogens is 1. The van der Waals surface area contributed by atoms with Gasteiger partial charge in [-0.05, 0) is 11.6 Å². The first kappa shape index (κ1) is 18.5. The number of piperazine rings is 1. The Morgan fingerprint density at radius 1 is 1.38 bits per heavy atom. The van der Waals surface area contributed by atoms with Gasteiger partial charge in [0.15, 0.2) is 0 Å². The van der Waals surface area contributed by atoms with Gasteiger partial charge in [0.25, 0.3) is 5.91 Å². The fourth-order valence-corrected chi connectivity index (χ4v) is 3.77. The molecule has 3 aromatic rings. The normalized spacial score (nSPS) is 17.0. The number of carbonyl (C=O) groups excluding carboxylic acids is 1. The largest absolute Gasteiger partial charge is 0.328 e. The van der Waals surface area contributed by atoms with Crippen LogP contribution in [0.5, 0.6) is 0 Å². The molecule has 0 bridgehead atoms. The number of hydrogen-bond acceptors (Lipinski definition) is 6. The highest BCUT2D eigenvalue weighted by molar-refractivity contribution is 7.13. The van der Waals surface area contributed by atoms with Crippen LogP contribution in [0.3, 0.4) is 0 Å². The monoisotopic (exact) mass is 390 g/mol. The van der Waals surface area contributed by atoms with Crippen molar-refractivity contribution in [1.29, 1.82) is 0 Å². The molecule has 7 nitrogen and oxygen atoms in total. The number of aromatic nitrogens is 4. The first-order chi connectivity index (χ1) is 12.2. The lowest BCUT2D eigenvalue weighted by Crippen LogP contribution is -2.48. The fraction of sp³-hybridized carbons (Fsp3) is 0.294. The van der Waals surface area contributed by atoms with Crippen molar-refractivity contribution in [1.82, 2.24) is 30.0 Å². The summed E-state index contributed by atoms with van der Waals surface area (Å²) in [7, 11) is 1.86. The third kappa shape index (κ3) is 3.62. The van der Waals surface area contributed by atoms with E-state index in [4.69, 9.17) is 0 Å². The van der Waals surface area contributed by atoms with E-state index in [2.05, 4.69) is 20.4 Å². The Bertz CT molecular complexity index is 880. The SMILES string of the molecule is Cl.Cn1cc(-c2nc(C(=O)N3CCNCC3c3cccnc3)cs2)cn1. The van der Waals surface area contributed by atoms with Crippen LogP contribution < -0.4 is 5.32 Å². The number of nitrogens with one attached hydrogen (secondary N) is 1. The molecule has 1 aliphatic heterocycles. The number of hydrogen-bond donors (Lipinski definition) is 1. The fourth-order valence-electron chi connectivity index (χ4n) is 3.00. The summed E-state index contributed by atoms with van der Waals surface area (Å²) in [6.45, 7) is 2.15. The second-order valence-corrected chi connectivity index (χ2v) is 6.80. The molecule has 26 heavy (non-hydrogen) atoms. The first-order valence-electron chi connectivity index (χ1n) is 8.08. The van der Waals surface area contributed by atoms with Gasteiger partial charge in [-0.3, -0.25) is 14.5 Å². The lowest BCUT2D eigenvalue weighted by Gasteiger charge is -2.36. The number of amides is 1. The molecular formula is C17H19ClN6OS. The van der Waals surface area contributed by atoms with Crippen molar-refractivity contribution in [2.45, 2.75) is 6.04 Å². The van der Waals surface area contributed by atoms with Gasteiger partial charge in [0.2, 0.25) is 0 Å². The molecule has 0 aliphatic carbocycles. The molecule has 1 amide bonds. The zero-order valence-electron chi connectivity index (χ0n) is 14.2. The second-order valence-electron chi connectivity index (χ2n) is 5.95. The molecule has 1 unspecified atom stereocenters. The van der Waals surface area contributed by atoms with Crippen molar-refractivity contribution in [3.8, 4) is 10.6 Å². The minimum Gasteiger partial charge on any atom is -0.328 e. The smallest absolute Gasteiger partial charge is 0.273 e. The summed E-state index contributed by atoms with van der Waals surface area (Å²) in [6.07, 6.45) is 7.22. The molecule has 0 saturated carbocycles. The third-order valence-electron chi connectivity index (χ3n) is 4.25. The van der Waals surface area contributed by atoms with Crippen molar-refractivity contribution in [3.05, 3.63) is 53.6 Å². The maximum atomic E-state index is 13.0. The van der Waals surface area contributed by atoms with Crippen LogP contribution in [0.25, 0.3) is 10.6 Å². The molecule has 1 aliphatic rings. The summed E-state index contributed by atoms with van der Waals surface area (Å²) in [4.78, 5) is 23.6. The number of rotatable bonds is 3. The van der Waals surface area contributed by atoms with Gasteiger partial charge < -0.3 is 10.2 Å². The molecule has 1 atom stereocenters. The third-order valence-corrected chi connectivity index (χ3v) is 5.14. The van der Waals surface area contributed by atoms with Gasteiger partial charge in [-0.2, -0.15) is 5.10 Å². The summed E-state index contributed by atoms with van der Waals surface area (Å²) in [5, 5.41) is 10.2. The Morgan fingerprint density at radius 3 is 3.00 bits per heavy atom. The number of carbonyl (C=O) groups is 1. The lowest BCUT2D eigenvalue weighted by molar-refractivity contribution is 0.0629. The quantitative estimate of drug-likeness (QED) is 0.741. The van der Waals surface area contributed by atoms with Crippen molar-refractivity contribution in [2.75, 3.05) is 19.6 Å². The molecule has 1 N–H and O–H groups in total. The van der Waals surface area contributed by atoms with Gasteiger partial charge in [0.1, 0.15) is 10.7 Å². The van der Waals surface area contributed by atoms with Gasteiger partial charge in [0, 0.05) is 56.2 Å². The van der Waals surface area contributed by atoms with Crippen LogP contribution in [0.2, 0.25) is 0 Å². The Morgan fingerprint density at radius 2 is 2.27 bits per heavy atom. The van der Waals surface area contributed by atoms with Crippen LogP contribution in [0, 0.1) is 0 Å². The Balaban J connectivity index is 0.00000196. The van der Waals surface area contributed by atoms with E-state index in [0.29, 0.717) is 12.2 Å². The van der Waals surface area contributed by atoms with Crippen LogP contribution in [0.4, 0.5) is 0 Å². The van der Waals surface area contributed by atoms with E-state index in [0.717, 1.165) is 29.2 Å². The minimum absolute atomic E-state index is 0. The Kier molecular flexibility index (Phi) is 5.65. The molecule has 0 radical (unpaired) electrons. The molecule has 1 saturated heterocycles. The van der Waals surface area contributed by atoms with Gasteiger partial charge >= 0.3 is 0 Å². The van der Waals surface area contributed by atoms with E-state index in [9.17, 15) is 4.79 Å². The molecule has 0 spiro atoms. The molecule has 4 rings (SSSR count). The van der Waals surface area contributed by atoms with E-state index in [1.54, 1.807) is 17.1 Å². The number of thiazole rings is 1. The minimum atomic E-state index is -0.0401. The summed E-state index contributed by atoms with van der Waals surface area (Å²) in [5.74, 6) is -0.0401. The van der Waals surface area contributed by atoms with E-state index in [1.807, 2.05) is 41.9 Å². The average Bonchev–Trinajstić information content (AvgIpc) is 3.31. The van der Waals surface area contributed by atoms with Crippen LogP contribution in [-0.2, 0) is 7.05 Å². The summed E-state index contributed by atoms with van der Waals surface area (Å²) < 4.78 is 1.73. The highest BCUT2D eigenvalue weighted by Crippen LogP contribution is 2.27. The van der Waals surface area contributed by atoms with Gasteiger partial charge in [-0.25, -0.2) is 4.98 Å². The predicted octanol–water partition coefficient (Wildman–Crippen LogP) is 2.15. The zero-order chi connectivity index (χ0) is 17.2.